The van der Waals surface area contributed by atoms with Gasteiger partial charge in [0, 0.05) is 46.0 Å². The quantitative estimate of drug-likeness (QED) is 0.266. The molecular weight excluding hydrogens is 628 g/mol. The lowest BCUT2D eigenvalue weighted by atomic mass is 9.44. The first-order valence-corrected chi connectivity index (χ1v) is 15.9. The minimum atomic E-state index is -2.19. The van der Waals surface area contributed by atoms with Gasteiger partial charge in [0.25, 0.3) is 0 Å². The summed E-state index contributed by atoms with van der Waals surface area (Å²) < 4.78 is 35.6. The van der Waals surface area contributed by atoms with Gasteiger partial charge in [-0.25, -0.2) is 4.79 Å². The molecule has 260 valence electrons. The van der Waals surface area contributed by atoms with E-state index in [2.05, 4.69) is 0 Å². The molecule has 1 N–H and O–H groups in total. The number of ketones is 1. The summed E-state index contributed by atoms with van der Waals surface area (Å²) in [5, 5.41) is 13.3. The molecule has 5 rings (SSSR count). The molecule has 2 bridgehead atoms. The molecule has 0 amide bonds. The Labute approximate surface area is 278 Å². The number of hydrogen-bond donors (Lipinski definition) is 1. The fourth-order valence-electron chi connectivity index (χ4n) is 8.57. The summed E-state index contributed by atoms with van der Waals surface area (Å²) in [6.45, 7) is 10.7. The third-order valence-corrected chi connectivity index (χ3v) is 10.8. The van der Waals surface area contributed by atoms with Gasteiger partial charge in [-0.1, -0.05) is 32.0 Å². The second-order valence-corrected chi connectivity index (χ2v) is 13.9. The Morgan fingerprint density at radius 2 is 1.46 bits per heavy atom. The van der Waals surface area contributed by atoms with Crippen LogP contribution in [0.4, 0.5) is 0 Å². The van der Waals surface area contributed by atoms with Crippen molar-refractivity contribution in [2.75, 3.05) is 6.61 Å². The van der Waals surface area contributed by atoms with Crippen molar-refractivity contribution >= 4 is 35.6 Å². The van der Waals surface area contributed by atoms with E-state index in [-0.39, 0.29) is 30.6 Å². The summed E-state index contributed by atoms with van der Waals surface area (Å²) >= 11 is 0. The number of ether oxygens (including phenoxy) is 6. The molecule has 3 fully saturated rings. The first-order chi connectivity index (χ1) is 22.3. The molecule has 1 saturated heterocycles. The predicted octanol–water partition coefficient (Wildman–Crippen LogP) is 2.79. The van der Waals surface area contributed by atoms with Crippen LogP contribution in [0.15, 0.2) is 41.5 Å². The van der Waals surface area contributed by atoms with Crippen LogP contribution >= 0.6 is 0 Å². The van der Waals surface area contributed by atoms with Crippen LogP contribution in [0.2, 0.25) is 0 Å². The molecule has 1 aliphatic heterocycles. The number of carbonyl (C=O) groups excluding carboxylic acids is 6. The smallest absolute Gasteiger partial charge is 0.338 e. The first-order valence-electron chi connectivity index (χ1n) is 15.9. The van der Waals surface area contributed by atoms with Gasteiger partial charge in [0.05, 0.1) is 23.5 Å². The molecule has 0 spiro atoms. The highest BCUT2D eigenvalue weighted by atomic mass is 16.6. The van der Waals surface area contributed by atoms with E-state index in [1.54, 1.807) is 39.0 Å². The van der Waals surface area contributed by atoms with Gasteiger partial charge >= 0.3 is 29.8 Å². The van der Waals surface area contributed by atoms with Crippen molar-refractivity contribution in [1.82, 2.24) is 0 Å². The van der Waals surface area contributed by atoms with E-state index in [0.717, 1.165) is 6.92 Å². The Hall–Kier alpha value is -4.10. The lowest BCUT2D eigenvalue weighted by molar-refractivity contribution is -0.346. The van der Waals surface area contributed by atoms with Crippen molar-refractivity contribution in [2.24, 2.45) is 16.7 Å². The topological polar surface area (TPSA) is 178 Å². The second kappa shape index (κ2) is 12.1. The normalized spacial score (nSPS) is 36.5. The predicted molar refractivity (Wildman–Crippen MR) is 164 cm³/mol. The number of Topliss-reactive ketones (excluding diaryl/α,β-unsaturated/α-hetero) is 1. The summed E-state index contributed by atoms with van der Waals surface area (Å²) in [5.74, 6) is -6.04. The zero-order valence-electron chi connectivity index (χ0n) is 28.3. The molecule has 1 heterocycles. The SMILES string of the molecule is CC(=O)O[C@H]1C(=O)[C@]2(C)[C@@H](OC(C)=O)C[C@H]3OC[C@@]3(OC(C)=O)[C@H]2[C@H](OC(=O)c2ccccc2)[C@]2(O)C[C@H](OC(C)=O)C(C)=C1C2(C)C. The van der Waals surface area contributed by atoms with Crippen molar-refractivity contribution < 1.29 is 62.3 Å². The third kappa shape index (κ3) is 5.31. The van der Waals surface area contributed by atoms with E-state index in [0.29, 0.717) is 5.57 Å². The Balaban J connectivity index is 1.90. The molecule has 2 saturated carbocycles. The number of fused-ring (bicyclic) bond motifs is 5. The Bertz CT molecular complexity index is 1580. The first kappa shape index (κ1) is 35.2. The zero-order chi connectivity index (χ0) is 35.6. The molecule has 48 heavy (non-hydrogen) atoms. The standard InChI is InChI=1S/C35H42O13/c1-17-23(44-18(2)36)15-35(42)30(47-31(41)22-12-10-9-11-13-22)28-33(8,29(40)27(46-20(4)38)26(17)32(35,6)7)24(45-19(3)37)14-25-34(28,16-43-25)48-21(5)39/h9-13,23-25,27-28,30,42H,14-16H2,1-8H3/t23-,24-,25+,27+,28-,30-,33+,34-,35+/m0/s1. The average Bonchev–Trinajstić information content (AvgIpc) is 2.97. The number of aliphatic hydroxyl groups is 1. The molecule has 13 heteroatoms. The summed E-state index contributed by atoms with van der Waals surface area (Å²) in [6, 6.07) is 7.98. The van der Waals surface area contributed by atoms with E-state index in [4.69, 9.17) is 28.4 Å². The van der Waals surface area contributed by atoms with Gasteiger partial charge < -0.3 is 33.5 Å². The number of esters is 5. The highest BCUT2D eigenvalue weighted by Gasteiger charge is 2.79. The molecule has 0 radical (unpaired) electrons. The van der Waals surface area contributed by atoms with Gasteiger partial charge in [-0.3, -0.25) is 24.0 Å². The number of carbonyl (C=O) groups is 6. The van der Waals surface area contributed by atoms with Gasteiger partial charge in [-0.15, -0.1) is 0 Å². The highest BCUT2D eigenvalue weighted by molar-refractivity contribution is 5.96. The van der Waals surface area contributed by atoms with Gasteiger partial charge in [0.1, 0.15) is 30.0 Å². The van der Waals surface area contributed by atoms with Crippen LogP contribution in [0.25, 0.3) is 0 Å². The molecule has 1 aromatic rings. The van der Waals surface area contributed by atoms with Crippen LogP contribution in [0.5, 0.6) is 0 Å². The number of rotatable bonds is 6. The minimum Gasteiger partial charge on any atom is -0.461 e. The number of benzene rings is 1. The van der Waals surface area contributed by atoms with E-state index >= 15 is 4.79 Å². The maximum absolute atomic E-state index is 15.3. The Morgan fingerprint density at radius 3 is 1.98 bits per heavy atom. The molecule has 0 unspecified atom stereocenters. The second-order valence-electron chi connectivity index (χ2n) is 13.9. The van der Waals surface area contributed by atoms with Crippen LogP contribution in [0.1, 0.15) is 78.6 Å². The molecular formula is C35H42O13. The van der Waals surface area contributed by atoms with Crippen molar-refractivity contribution in [1.29, 1.82) is 0 Å². The molecule has 13 nitrogen and oxygen atoms in total. The van der Waals surface area contributed by atoms with Gasteiger partial charge in [-0.05, 0) is 37.1 Å². The van der Waals surface area contributed by atoms with Crippen molar-refractivity contribution in [3.05, 3.63) is 47.0 Å². The van der Waals surface area contributed by atoms with Crippen molar-refractivity contribution in [2.45, 2.75) is 110 Å². The fraction of sp³-hybridized carbons (Fsp3) is 0.600. The van der Waals surface area contributed by atoms with Crippen LogP contribution in [-0.4, -0.2) is 89.1 Å². The average molecular weight is 671 g/mol. The number of hydrogen-bond acceptors (Lipinski definition) is 13. The molecule has 3 aliphatic carbocycles. The van der Waals surface area contributed by atoms with Crippen LogP contribution in [0, 0.1) is 16.7 Å². The van der Waals surface area contributed by atoms with Gasteiger partial charge in [-0.2, -0.15) is 0 Å². The summed E-state index contributed by atoms with van der Waals surface area (Å²) in [6.07, 6.45) is -7.15. The largest absolute Gasteiger partial charge is 0.461 e. The van der Waals surface area contributed by atoms with E-state index in [9.17, 15) is 29.1 Å². The van der Waals surface area contributed by atoms with Gasteiger partial charge in [0.2, 0.25) is 0 Å². The minimum absolute atomic E-state index is 0.104. The van der Waals surface area contributed by atoms with Crippen LogP contribution in [-0.2, 0) is 52.4 Å². The van der Waals surface area contributed by atoms with Crippen molar-refractivity contribution in [3.63, 3.8) is 0 Å². The summed E-state index contributed by atoms with van der Waals surface area (Å²) in [4.78, 5) is 79.8. The monoisotopic (exact) mass is 670 g/mol. The maximum Gasteiger partial charge on any atom is 0.338 e. The third-order valence-electron chi connectivity index (χ3n) is 10.8. The highest BCUT2D eigenvalue weighted by Crippen LogP contribution is 2.65. The lowest BCUT2D eigenvalue weighted by Crippen LogP contribution is -2.82. The van der Waals surface area contributed by atoms with E-state index < -0.39 is 94.1 Å². The maximum atomic E-state index is 15.3. The fourth-order valence-corrected chi connectivity index (χ4v) is 8.57. The van der Waals surface area contributed by atoms with Crippen LogP contribution < -0.4 is 0 Å². The molecule has 9 atom stereocenters. The molecule has 1 aromatic carbocycles. The van der Waals surface area contributed by atoms with Crippen LogP contribution in [0.3, 0.4) is 0 Å². The zero-order valence-corrected chi connectivity index (χ0v) is 28.3. The van der Waals surface area contributed by atoms with E-state index in [1.807, 2.05) is 0 Å². The Morgan fingerprint density at radius 1 is 0.854 bits per heavy atom. The summed E-state index contributed by atoms with van der Waals surface area (Å²) in [5.41, 5.74) is -6.69. The summed E-state index contributed by atoms with van der Waals surface area (Å²) in [7, 11) is 0. The lowest BCUT2D eigenvalue weighted by Gasteiger charge is -2.67. The Kier molecular flexibility index (Phi) is 8.88. The van der Waals surface area contributed by atoms with Gasteiger partial charge in [0.15, 0.2) is 17.5 Å². The van der Waals surface area contributed by atoms with Crippen molar-refractivity contribution in [3.8, 4) is 0 Å². The van der Waals surface area contributed by atoms with E-state index in [1.165, 1.54) is 39.8 Å². The molecule has 4 aliphatic rings. The molecule has 0 aromatic heterocycles.